The van der Waals surface area contributed by atoms with E-state index in [2.05, 4.69) is 19.2 Å². The van der Waals surface area contributed by atoms with Crippen LogP contribution in [0.4, 0.5) is 0 Å². The fraction of sp³-hybridized carbons (Fsp3) is 0.889. The minimum Gasteiger partial charge on any atom is -0.481 e. The van der Waals surface area contributed by atoms with Gasteiger partial charge in [-0.1, -0.05) is 13.8 Å². The fourth-order valence-corrected chi connectivity index (χ4v) is 1.00. The molecule has 0 amide bonds. The van der Waals surface area contributed by atoms with Crippen LogP contribution in [-0.2, 0) is 4.79 Å². The summed E-state index contributed by atoms with van der Waals surface area (Å²) < 4.78 is 0. The molecule has 1 atom stereocenters. The van der Waals surface area contributed by atoms with Crippen LogP contribution in [0, 0.1) is 0 Å². The molecular formula is C9H20N2O2. The predicted molar refractivity (Wildman–Crippen MR) is 52.6 cm³/mol. The summed E-state index contributed by atoms with van der Waals surface area (Å²) in [6.07, 6.45) is 1.65. The minimum absolute atomic E-state index is 0.0711. The van der Waals surface area contributed by atoms with Crippen molar-refractivity contribution in [1.82, 2.24) is 5.32 Å². The third-order valence-electron chi connectivity index (χ3n) is 1.75. The molecule has 4 N–H and O–H groups in total. The summed E-state index contributed by atoms with van der Waals surface area (Å²) in [6, 6.07) is 0.507. The van der Waals surface area contributed by atoms with Gasteiger partial charge in [0.25, 0.3) is 0 Å². The Hall–Kier alpha value is -0.610. The molecule has 0 heterocycles. The summed E-state index contributed by atoms with van der Waals surface area (Å²) >= 11 is 0. The van der Waals surface area contributed by atoms with Gasteiger partial charge in [-0.25, -0.2) is 0 Å². The Balaban J connectivity index is 3.29. The van der Waals surface area contributed by atoms with Crippen molar-refractivity contribution in [2.45, 2.75) is 45.2 Å². The quantitative estimate of drug-likeness (QED) is 0.546. The fourth-order valence-electron chi connectivity index (χ4n) is 1.00. The Labute approximate surface area is 79.5 Å². The lowest BCUT2D eigenvalue weighted by molar-refractivity contribution is -0.137. The topological polar surface area (TPSA) is 75.3 Å². The Kier molecular flexibility index (Phi) is 6.54. The lowest BCUT2D eigenvalue weighted by atomic mass is 10.1. The monoisotopic (exact) mass is 188 g/mol. The van der Waals surface area contributed by atoms with E-state index < -0.39 is 5.97 Å². The first-order chi connectivity index (χ1) is 6.02. The first kappa shape index (κ1) is 12.4. The maximum atomic E-state index is 10.2. The largest absolute Gasteiger partial charge is 0.481 e. The van der Waals surface area contributed by atoms with Crippen molar-refractivity contribution in [2.24, 2.45) is 5.73 Å². The van der Waals surface area contributed by atoms with Crippen molar-refractivity contribution in [2.75, 3.05) is 6.54 Å². The van der Waals surface area contributed by atoms with Crippen LogP contribution in [0.3, 0.4) is 0 Å². The van der Waals surface area contributed by atoms with Gasteiger partial charge in [-0.05, 0) is 12.8 Å². The standard InChI is InChI=1S/C9H20N2O2/c1-7(2)11-6-8(10)4-3-5-9(12)13/h7-8,11H,3-6,10H2,1-2H3,(H,12,13). The Morgan fingerprint density at radius 1 is 1.54 bits per heavy atom. The molecule has 13 heavy (non-hydrogen) atoms. The zero-order chi connectivity index (χ0) is 10.3. The molecule has 0 aliphatic rings. The summed E-state index contributed by atoms with van der Waals surface area (Å²) in [5.74, 6) is -0.746. The number of carboxylic acids is 1. The van der Waals surface area contributed by atoms with Crippen LogP contribution in [0.5, 0.6) is 0 Å². The van der Waals surface area contributed by atoms with Crippen molar-refractivity contribution in [1.29, 1.82) is 0 Å². The van der Waals surface area contributed by atoms with E-state index in [9.17, 15) is 4.79 Å². The molecule has 0 aromatic carbocycles. The van der Waals surface area contributed by atoms with E-state index >= 15 is 0 Å². The number of nitrogens with one attached hydrogen (secondary N) is 1. The molecule has 0 aliphatic carbocycles. The SMILES string of the molecule is CC(C)NCC(N)CCCC(=O)O. The molecule has 0 fully saturated rings. The first-order valence-corrected chi connectivity index (χ1v) is 4.73. The maximum absolute atomic E-state index is 10.2. The molecule has 0 saturated carbocycles. The molecule has 4 heteroatoms. The van der Waals surface area contributed by atoms with Crippen LogP contribution in [0.25, 0.3) is 0 Å². The summed E-state index contributed by atoms with van der Waals surface area (Å²) in [7, 11) is 0. The van der Waals surface area contributed by atoms with E-state index in [0.29, 0.717) is 12.5 Å². The highest BCUT2D eigenvalue weighted by atomic mass is 16.4. The van der Waals surface area contributed by atoms with Gasteiger partial charge in [0, 0.05) is 25.0 Å². The van der Waals surface area contributed by atoms with Gasteiger partial charge in [0.2, 0.25) is 0 Å². The van der Waals surface area contributed by atoms with Crippen LogP contribution in [-0.4, -0.2) is 29.7 Å². The molecule has 0 rings (SSSR count). The highest BCUT2D eigenvalue weighted by molar-refractivity contribution is 5.66. The molecule has 1 unspecified atom stereocenters. The van der Waals surface area contributed by atoms with E-state index in [4.69, 9.17) is 10.8 Å². The van der Waals surface area contributed by atoms with Gasteiger partial charge in [-0.15, -0.1) is 0 Å². The second kappa shape index (κ2) is 6.86. The summed E-state index contributed by atoms with van der Waals surface area (Å²) in [4.78, 5) is 10.2. The van der Waals surface area contributed by atoms with E-state index in [1.54, 1.807) is 0 Å². The maximum Gasteiger partial charge on any atom is 0.303 e. The summed E-state index contributed by atoms with van der Waals surface area (Å²) in [5.41, 5.74) is 5.75. The van der Waals surface area contributed by atoms with Gasteiger partial charge >= 0.3 is 5.97 Å². The molecule has 0 radical (unpaired) electrons. The number of hydrogen-bond acceptors (Lipinski definition) is 3. The zero-order valence-electron chi connectivity index (χ0n) is 8.42. The highest BCUT2D eigenvalue weighted by Crippen LogP contribution is 1.98. The molecular weight excluding hydrogens is 168 g/mol. The van der Waals surface area contributed by atoms with Crippen molar-refractivity contribution < 1.29 is 9.90 Å². The number of hydrogen-bond donors (Lipinski definition) is 3. The third kappa shape index (κ3) is 9.30. The van der Waals surface area contributed by atoms with Crippen molar-refractivity contribution in [3.63, 3.8) is 0 Å². The average Bonchev–Trinajstić information content (AvgIpc) is 2.00. The number of carbonyl (C=O) groups is 1. The number of nitrogens with two attached hydrogens (primary N) is 1. The Morgan fingerprint density at radius 2 is 2.15 bits per heavy atom. The van der Waals surface area contributed by atoms with Crippen molar-refractivity contribution in [3.8, 4) is 0 Å². The number of rotatable bonds is 7. The van der Waals surface area contributed by atoms with Crippen LogP contribution < -0.4 is 11.1 Å². The molecule has 78 valence electrons. The van der Waals surface area contributed by atoms with Gasteiger partial charge in [0.05, 0.1) is 0 Å². The van der Waals surface area contributed by atoms with E-state index in [0.717, 1.165) is 13.0 Å². The molecule has 0 saturated heterocycles. The zero-order valence-corrected chi connectivity index (χ0v) is 8.42. The van der Waals surface area contributed by atoms with Gasteiger partial charge in [0.15, 0.2) is 0 Å². The lowest BCUT2D eigenvalue weighted by Gasteiger charge is -2.14. The highest BCUT2D eigenvalue weighted by Gasteiger charge is 2.04. The molecule has 0 aromatic heterocycles. The smallest absolute Gasteiger partial charge is 0.303 e. The van der Waals surface area contributed by atoms with Crippen molar-refractivity contribution in [3.05, 3.63) is 0 Å². The second-order valence-electron chi connectivity index (χ2n) is 3.61. The van der Waals surface area contributed by atoms with Crippen LogP contribution in [0.15, 0.2) is 0 Å². The average molecular weight is 188 g/mol. The summed E-state index contributed by atoms with van der Waals surface area (Å²) in [5, 5.41) is 11.6. The van der Waals surface area contributed by atoms with Gasteiger partial charge in [-0.3, -0.25) is 4.79 Å². The Bertz CT molecular complexity index is 149. The van der Waals surface area contributed by atoms with E-state index in [1.807, 2.05) is 0 Å². The normalized spacial score (nSPS) is 13.2. The first-order valence-electron chi connectivity index (χ1n) is 4.73. The number of carboxylic acid groups (broad SMARTS) is 1. The molecule has 0 bridgehead atoms. The van der Waals surface area contributed by atoms with Crippen LogP contribution in [0.2, 0.25) is 0 Å². The second-order valence-corrected chi connectivity index (χ2v) is 3.61. The van der Waals surface area contributed by atoms with Gasteiger partial charge in [-0.2, -0.15) is 0 Å². The van der Waals surface area contributed by atoms with Gasteiger partial charge < -0.3 is 16.2 Å². The van der Waals surface area contributed by atoms with Crippen LogP contribution >= 0.6 is 0 Å². The minimum atomic E-state index is -0.746. The predicted octanol–water partition coefficient (Wildman–Crippen LogP) is 0.567. The third-order valence-corrected chi connectivity index (χ3v) is 1.75. The molecule has 4 nitrogen and oxygen atoms in total. The molecule has 0 aliphatic heterocycles. The Morgan fingerprint density at radius 3 is 2.62 bits per heavy atom. The molecule has 0 aromatic rings. The van der Waals surface area contributed by atoms with E-state index in [-0.39, 0.29) is 12.5 Å². The summed E-state index contributed by atoms with van der Waals surface area (Å²) in [6.45, 7) is 4.88. The lowest BCUT2D eigenvalue weighted by Crippen LogP contribution is -2.37. The van der Waals surface area contributed by atoms with Crippen molar-refractivity contribution >= 4 is 5.97 Å². The van der Waals surface area contributed by atoms with E-state index in [1.165, 1.54) is 0 Å². The molecule has 0 spiro atoms. The van der Waals surface area contributed by atoms with Gasteiger partial charge in [0.1, 0.15) is 0 Å². The number of aliphatic carboxylic acids is 1. The van der Waals surface area contributed by atoms with Crippen LogP contribution in [0.1, 0.15) is 33.1 Å².